The molecule has 0 spiro atoms. The van der Waals surface area contributed by atoms with Crippen LogP contribution >= 0.6 is 0 Å². The zero-order chi connectivity index (χ0) is 33.7. The van der Waals surface area contributed by atoms with E-state index >= 15 is 0 Å². The summed E-state index contributed by atoms with van der Waals surface area (Å²) in [6.45, 7) is 0. The van der Waals surface area contributed by atoms with E-state index in [-0.39, 0.29) is 0 Å². The Morgan fingerprint density at radius 2 is 0.863 bits per heavy atom. The Morgan fingerprint density at radius 3 is 1.63 bits per heavy atom. The Hall–Kier alpha value is -6.84. The van der Waals surface area contributed by atoms with Crippen molar-refractivity contribution < 1.29 is 8.83 Å². The highest BCUT2D eigenvalue weighted by Gasteiger charge is 2.24. The Bertz CT molecular complexity index is 2850. The maximum Gasteiger partial charge on any atom is 0.137 e. The molecule has 10 rings (SSSR count). The molecule has 2 aromatic heterocycles. The van der Waals surface area contributed by atoms with Crippen LogP contribution < -0.4 is 4.90 Å². The number of hydrogen-bond donors (Lipinski definition) is 0. The van der Waals surface area contributed by atoms with E-state index in [0.29, 0.717) is 0 Å². The smallest absolute Gasteiger partial charge is 0.137 e. The fraction of sp³-hybridized carbons (Fsp3) is 0. The van der Waals surface area contributed by atoms with Crippen molar-refractivity contribution in [2.75, 3.05) is 4.90 Å². The van der Waals surface area contributed by atoms with Crippen LogP contribution in [0.25, 0.3) is 77.3 Å². The summed E-state index contributed by atoms with van der Waals surface area (Å²) in [7, 11) is 0. The maximum absolute atomic E-state index is 6.50. The highest BCUT2D eigenvalue weighted by molar-refractivity contribution is 6.17. The van der Waals surface area contributed by atoms with Crippen molar-refractivity contribution in [3.63, 3.8) is 0 Å². The van der Waals surface area contributed by atoms with Gasteiger partial charge in [0.2, 0.25) is 0 Å². The second-order valence-electron chi connectivity index (χ2n) is 12.9. The Morgan fingerprint density at radius 1 is 0.314 bits per heavy atom. The third-order valence-corrected chi connectivity index (χ3v) is 9.87. The van der Waals surface area contributed by atoms with Gasteiger partial charge in [-0.15, -0.1) is 0 Å². The number of furan rings is 2. The minimum atomic E-state index is 0.849. The second kappa shape index (κ2) is 11.9. The number of anilines is 3. The van der Waals surface area contributed by atoms with Crippen molar-refractivity contribution in [1.29, 1.82) is 0 Å². The van der Waals surface area contributed by atoms with Crippen LogP contribution in [0.4, 0.5) is 17.1 Å². The zero-order valence-electron chi connectivity index (χ0n) is 27.7. The van der Waals surface area contributed by atoms with Crippen molar-refractivity contribution in [2.24, 2.45) is 0 Å². The summed E-state index contributed by atoms with van der Waals surface area (Å²) < 4.78 is 12.9. The Labute approximate surface area is 295 Å². The average Bonchev–Trinajstić information content (AvgIpc) is 3.77. The number of nitrogens with zero attached hydrogens (tertiary/aromatic N) is 1. The molecular weight excluding hydrogens is 623 g/mol. The van der Waals surface area contributed by atoms with Gasteiger partial charge in [0.05, 0.1) is 5.69 Å². The van der Waals surface area contributed by atoms with Crippen LogP contribution in [0.5, 0.6) is 0 Å². The molecule has 3 nitrogen and oxygen atoms in total. The standard InChI is InChI=1S/C48H31NO2/c1-3-12-32(13-4-1)34-22-24-37(25-23-34)49(38-26-27-40-39-18-7-9-20-43(39)51-46(40)31-38)42-28-29-45-48(41-19-8-10-21-44(41)50-45)47(42)36-17-11-16-35(30-36)33-14-5-2-6-15-33/h1-31H. The molecule has 3 heteroatoms. The van der Waals surface area contributed by atoms with Crippen LogP contribution in [0, 0.1) is 0 Å². The van der Waals surface area contributed by atoms with Gasteiger partial charge in [-0.25, -0.2) is 0 Å². The predicted octanol–water partition coefficient (Wildman–Crippen LogP) is 14.0. The van der Waals surface area contributed by atoms with Gasteiger partial charge >= 0.3 is 0 Å². The van der Waals surface area contributed by atoms with Gasteiger partial charge in [0, 0.05) is 44.5 Å². The van der Waals surface area contributed by atoms with E-state index in [9.17, 15) is 0 Å². The van der Waals surface area contributed by atoms with E-state index in [0.717, 1.165) is 77.6 Å². The largest absolute Gasteiger partial charge is 0.456 e. The minimum Gasteiger partial charge on any atom is -0.456 e. The normalized spacial score (nSPS) is 11.5. The van der Waals surface area contributed by atoms with Crippen LogP contribution in [0.1, 0.15) is 0 Å². The molecule has 0 radical (unpaired) electrons. The number of benzene rings is 8. The molecule has 0 amide bonds. The number of para-hydroxylation sites is 2. The molecular formula is C48H31NO2. The van der Waals surface area contributed by atoms with Crippen molar-refractivity contribution in [3.05, 3.63) is 188 Å². The summed E-state index contributed by atoms with van der Waals surface area (Å²) in [5.74, 6) is 0. The molecule has 51 heavy (non-hydrogen) atoms. The zero-order valence-corrected chi connectivity index (χ0v) is 27.7. The summed E-state index contributed by atoms with van der Waals surface area (Å²) in [5.41, 5.74) is 13.4. The lowest BCUT2D eigenvalue weighted by molar-refractivity contribution is 0.668. The van der Waals surface area contributed by atoms with E-state index in [1.807, 2.05) is 18.2 Å². The van der Waals surface area contributed by atoms with Crippen LogP contribution in [0.15, 0.2) is 197 Å². The number of hydrogen-bond acceptors (Lipinski definition) is 3. The summed E-state index contributed by atoms with van der Waals surface area (Å²) >= 11 is 0. The number of rotatable bonds is 6. The lowest BCUT2D eigenvalue weighted by Gasteiger charge is -2.28. The highest BCUT2D eigenvalue weighted by atomic mass is 16.3. The van der Waals surface area contributed by atoms with Gasteiger partial charge in [-0.3, -0.25) is 0 Å². The van der Waals surface area contributed by atoms with Gasteiger partial charge < -0.3 is 13.7 Å². The van der Waals surface area contributed by atoms with Gasteiger partial charge in [0.1, 0.15) is 22.3 Å². The lowest BCUT2D eigenvalue weighted by atomic mass is 9.93. The van der Waals surface area contributed by atoms with Crippen LogP contribution in [0.3, 0.4) is 0 Å². The summed E-state index contributed by atoms with van der Waals surface area (Å²) in [5, 5.41) is 4.38. The third-order valence-electron chi connectivity index (χ3n) is 9.87. The summed E-state index contributed by atoms with van der Waals surface area (Å²) in [4.78, 5) is 2.35. The van der Waals surface area contributed by atoms with Gasteiger partial charge in [-0.05, 0) is 82.4 Å². The third kappa shape index (κ3) is 4.98. The molecule has 0 N–H and O–H groups in total. The summed E-state index contributed by atoms with van der Waals surface area (Å²) in [6, 6.07) is 66.2. The minimum absolute atomic E-state index is 0.849. The molecule has 240 valence electrons. The molecule has 0 aliphatic carbocycles. The summed E-state index contributed by atoms with van der Waals surface area (Å²) in [6.07, 6.45) is 0. The molecule has 0 saturated heterocycles. The second-order valence-corrected chi connectivity index (χ2v) is 12.9. The molecule has 0 aliphatic rings. The van der Waals surface area contributed by atoms with Crippen molar-refractivity contribution in [1.82, 2.24) is 0 Å². The maximum atomic E-state index is 6.50. The van der Waals surface area contributed by atoms with Crippen LogP contribution in [-0.2, 0) is 0 Å². The van der Waals surface area contributed by atoms with Crippen molar-refractivity contribution >= 4 is 60.9 Å². The number of fused-ring (bicyclic) bond motifs is 6. The molecule has 8 aromatic carbocycles. The lowest BCUT2D eigenvalue weighted by Crippen LogP contribution is -2.11. The SMILES string of the molecule is c1ccc(-c2ccc(N(c3ccc4c(c3)oc3ccccc34)c3ccc4oc5ccccc5c4c3-c3cccc(-c4ccccc4)c3)cc2)cc1. The first-order valence-electron chi connectivity index (χ1n) is 17.3. The van der Waals surface area contributed by atoms with Crippen LogP contribution in [0.2, 0.25) is 0 Å². The predicted molar refractivity (Wildman–Crippen MR) is 212 cm³/mol. The monoisotopic (exact) mass is 653 g/mol. The quantitative estimate of drug-likeness (QED) is 0.179. The molecule has 0 atom stereocenters. The van der Waals surface area contributed by atoms with Gasteiger partial charge in [-0.2, -0.15) is 0 Å². The topological polar surface area (TPSA) is 29.5 Å². The van der Waals surface area contributed by atoms with Gasteiger partial charge in [0.15, 0.2) is 0 Å². The molecule has 0 fully saturated rings. The van der Waals surface area contributed by atoms with Gasteiger partial charge in [0.25, 0.3) is 0 Å². The van der Waals surface area contributed by atoms with E-state index in [1.165, 1.54) is 16.7 Å². The van der Waals surface area contributed by atoms with Gasteiger partial charge in [-0.1, -0.05) is 127 Å². The fourth-order valence-corrected chi connectivity index (χ4v) is 7.48. The average molecular weight is 654 g/mol. The molecule has 2 heterocycles. The highest BCUT2D eigenvalue weighted by Crippen LogP contribution is 2.48. The first-order valence-corrected chi connectivity index (χ1v) is 17.3. The fourth-order valence-electron chi connectivity index (χ4n) is 7.48. The van der Waals surface area contributed by atoms with Crippen molar-refractivity contribution in [2.45, 2.75) is 0 Å². The van der Waals surface area contributed by atoms with E-state index in [4.69, 9.17) is 8.83 Å². The first kappa shape index (κ1) is 29.1. The van der Waals surface area contributed by atoms with E-state index in [2.05, 4.69) is 175 Å². The molecule has 0 saturated carbocycles. The van der Waals surface area contributed by atoms with E-state index < -0.39 is 0 Å². The van der Waals surface area contributed by atoms with Crippen LogP contribution in [-0.4, -0.2) is 0 Å². The Balaban J connectivity index is 1.25. The molecule has 0 bridgehead atoms. The first-order chi connectivity index (χ1) is 25.3. The van der Waals surface area contributed by atoms with Crippen molar-refractivity contribution in [3.8, 4) is 33.4 Å². The Kier molecular flexibility index (Phi) is 6.81. The molecule has 0 aliphatic heterocycles. The van der Waals surface area contributed by atoms with E-state index in [1.54, 1.807) is 0 Å². The molecule has 0 unspecified atom stereocenters. The molecule has 10 aromatic rings.